The van der Waals surface area contributed by atoms with E-state index in [1.54, 1.807) is 36.4 Å². The molecule has 0 aromatic heterocycles. The van der Waals surface area contributed by atoms with E-state index < -0.39 is 5.82 Å². The molecule has 1 fully saturated rings. The smallest absolute Gasteiger partial charge is 0.293 e. The van der Waals surface area contributed by atoms with Gasteiger partial charge in [0.2, 0.25) is 0 Å². The second-order valence-corrected chi connectivity index (χ2v) is 9.27. The fraction of sp³-hybridized carbons (Fsp3) is 0.0833. The first-order chi connectivity index (χ1) is 15.4. The molecule has 1 aliphatic heterocycles. The van der Waals surface area contributed by atoms with Gasteiger partial charge in [0.05, 0.1) is 16.5 Å². The summed E-state index contributed by atoms with van der Waals surface area (Å²) in [7, 11) is 0. The SMILES string of the molecule is O=C1S/C(=C/c2cccc(OCc3c(F)cccc3Cl)c2)C(=O)N1Cc1ccc(Br)cc1. The first-order valence-electron chi connectivity index (χ1n) is 9.56. The van der Waals surface area contributed by atoms with E-state index in [9.17, 15) is 14.0 Å². The number of thioether (sulfide) groups is 1. The molecule has 0 saturated carbocycles. The van der Waals surface area contributed by atoms with Crippen molar-refractivity contribution in [3.05, 3.63) is 104 Å². The maximum Gasteiger partial charge on any atom is 0.293 e. The Balaban J connectivity index is 1.47. The third kappa shape index (κ3) is 5.23. The van der Waals surface area contributed by atoms with Crippen molar-refractivity contribution in [1.29, 1.82) is 0 Å². The van der Waals surface area contributed by atoms with E-state index >= 15 is 0 Å². The summed E-state index contributed by atoms with van der Waals surface area (Å²) in [4.78, 5) is 26.7. The summed E-state index contributed by atoms with van der Waals surface area (Å²) in [5.74, 6) is -0.285. The molecule has 3 aromatic carbocycles. The Hall–Kier alpha value is -2.61. The van der Waals surface area contributed by atoms with Gasteiger partial charge in [-0.1, -0.05) is 57.9 Å². The molecule has 8 heteroatoms. The van der Waals surface area contributed by atoms with Gasteiger partial charge < -0.3 is 4.74 Å². The lowest BCUT2D eigenvalue weighted by atomic mass is 10.2. The van der Waals surface area contributed by atoms with E-state index in [-0.39, 0.29) is 29.9 Å². The number of imide groups is 1. The lowest BCUT2D eigenvalue weighted by Crippen LogP contribution is -2.27. The molecule has 32 heavy (non-hydrogen) atoms. The number of hydrogen-bond acceptors (Lipinski definition) is 4. The maximum absolute atomic E-state index is 13.9. The van der Waals surface area contributed by atoms with E-state index in [1.165, 1.54) is 17.0 Å². The first kappa shape index (κ1) is 22.6. The Labute approximate surface area is 202 Å². The van der Waals surface area contributed by atoms with Gasteiger partial charge in [0.25, 0.3) is 11.1 Å². The number of halogens is 3. The van der Waals surface area contributed by atoms with Gasteiger partial charge in [-0.2, -0.15) is 0 Å². The van der Waals surface area contributed by atoms with Crippen LogP contribution in [0.15, 0.2) is 76.1 Å². The van der Waals surface area contributed by atoms with Crippen LogP contribution in [-0.4, -0.2) is 16.0 Å². The average Bonchev–Trinajstić information content (AvgIpc) is 3.02. The molecule has 0 radical (unpaired) electrons. The summed E-state index contributed by atoms with van der Waals surface area (Å²) >= 11 is 10.3. The molecule has 2 amide bonds. The zero-order chi connectivity index (χ0) is 22.7. The fourth-order valence-corrected chi connectivity index (χ4v) is 4.40. The molecule has 3 aromatic rings. The lowest BCUT2D eigenvalue weighted by Gasteiger charge is -2.12. The average molecular weight is 533 g/mol. The molecule has 0 unspecified atom stereocenters. The van der Waals surface area contributed by atoms with Crippen molar-refractivity contribution in [2.24, 2.45) is 0 Å². The van der Waals surface area contributed by atoms with Gasteiger partial charge in [-0.05, 0) is 65.4 Å². The Morgan fingerprint density at radius 3 is 2.56 bits per heavy atom. The van der Waals surface area contributed by atoms with Gasteiger partial charge >= 0.3 is 0 Å². The van der Waals surface area contributed by atoms with Crippen LogP contribution in [0.1, 0.15) is 16.7 Å². The van der Waals surface area contributed by atoms with Gasteiger partial charge in [-0.3, -0.25) is 14.5 Å². The largest absolute Gasteiger partial charge is 0.489 e. The highest BCUT2D eigenvalue weighted by Gasteiger charge is 2.34. The number of carbonyl (C=O) groups excluding carboxylic acids is 2. The highest BCUT2D eigenvalue weighted by molar-refractivity contribution is 9.10. The quantitative estimate of drug-likeness (QED) is 0.319. The summed E-state index contributed by atoms with van der Waals surface area (Å²) in [5, 5.41) is -0.0219. The first-order valence-corrected chi connectivity index (χ1v) is 11.5. The summed E-state index contributed by atoms with van der Waals surface area (Å²) < 4.78 is 20.6. The van der Waals surface area contributed by atoms with Crippen molar-refractivity contribution in [3.8, 4) is 5.75 Å². The highest BCUT2D eigenvalue weighted by Crippen LogP contribution is 2.34. The van der Waals surface area contributed by atoms with Crippen LogP contribution in [0.3, 0.4) is 0 Å². The molecule has 4 nitrogen and oxygen atoms in total. The number of benzene rings is 3. The zero-order valence-corrected chi connectivity index (χ0v) is 19.7. The minimum atomic E-state index is -0.437. The highest BCUT2D eigenvalue weighted by atomic mass is 79.9. The van der Waals surface area contributed by atoms with Crippen molar-refractivity contribution in [2.75, 3.05) is 0 Å². The van der Waals surface area contributed by atoms with Crippen LogP contribution >= 0.6 is 39.3 Å². The molecule has 0 bridgehead atoms. The van der Waals surface area contributed by atoms with Crippen LogP contribution in [0.25, 0.3) is 6.08 Å². The van der Waals surface area contributed by atoms with Crippen LogP contribution in [0.4, 0.5) is 9.18 Å². The van der Waals surface area contributed by atoms with E-state index in [0.29, 0.717) is 21.2 Å². The number of ether oxygens (including phenoxy) is 1. The van der Waals surface area contributed by atoms with E-state index in [0.717, 1.165) is 21.8 Å². The predicted molar refractivity (Wildman–Crippen MR) is 128 cm³/mol. The monoisotopic (exact) mass is 531 g/mol. The Bertz CT molecular complexity index is 1200. The van der Waals surface area contributed by atoms with Gasteiger partial charge in [-0.15, -0.1) is 0 Å². The minimum Gasteiger partial charge on any atom is -0.489 e. The third-order valence-corrected chi connectivity index (χ3v) is 6.52. The van der Waals surface area contributed by atoms with Crippen molar-refractivity contribution >= 4 is 56.5 Å². The van der Waals surface area contributed by atoms with Gasteiger partial charge in [0.1, 0.15) is 18.2 Å². The topological polar surface area (TPSA) is 46.6 Å². The molecule has 0 N–H and O–H groups in total. The number of rotatable bonds is 6. The van der Waals surface area contributed by atoms with Gasteiger partial charge in [0.15, 0.2) is 0 Å². The Morgan fingerprint density at radius 2 is 1.81 bits per heavy atom. The van der Waals surface area contributed by atoms with Crippen LogP contribution in [-0.2, 0) is 17.9 Å². The van der Waals surface area contributed by atoms with Crippen LogP contribution in [0.5, 0.6) is 5.75 Å². The standard InChI is InChI=1S/C24H16BrClFNO3S/c25-17-9-7-15(8-10-17)13-28-23(29)22(32-24(28)30)12-16-3-1-4-18(11-16)31-14-19-20(26)5-2-6-21(19)27/h1-12H,13-14H2/b22-12+. The molecular formula is C24H16BrClFNO3S. The summed E-state index contributed by atoms with van der Waals surface area (Å²) in [6.07, 6.45) is 1.65. The second kappa shape index (κ2) is 9.90. The Morgan fingerprint density at radius 1 is 1.06 bits per heavy atom. The number of amides is 2. The van der Waals surface area contributed by atoms with Crippen molar-refractivity contribution in [3.63, 3.8) is 0 Å². The molecule has 0 spiro atoms. The molecule has 1 saturated heterocycles. The van der Waals surface area contributed by atoms with Crippen LogP contribution < -0.4 is 4.74 Å². The fourth-order valence-electron chi connectivity index (χ4n) is 3.08. The van der Waals surface area contributed by atoms with Gasteiger partial charge in [-0.25, -0.2) is 4.39 Å². The van der Waals surface area contributed by atoms with E-state index in [4.69, 9.17) is 16.3 Å². The number of hydrogen-bond donors (Lipinski definition) is 0. The van der Waals surface area contributed by atoms with Crippen molar-refractivity contribution < 1.29 is 18.7 Å². The molecule has 4 rings (SSSR count). The van der Waals surface area contributed by atoms with Crippen molar-refractivity contribution in [1.82, 2.24) is 4.90 Å². The predicted octanol–water partition coefficient (Wildman–Crippen LogP) is 7.06. The number of nitrogens with zero attached hydrogens (tertiary/aromatic N) is 1. The normalized spacial score (nSPS) is 15.0. The molecular weight excluding hydrogens is 517 g/mol. The summed E-state index contributed by atoms with van der Waals surface area (Å²) in [6.45, 7) is 0.181. The van der Waals surface area contributed by atoms with Crippen LogP contribution in [0, 0.1) is 5.82 Å². The summed E-state index contributed by atoms with van der Waals surface area (Å²) in [5.41, 5.74) is 1.82. The molecule has 162 valence electrons. The molecule has 0 aliphatic carbocycles. The second-order valence-electron chi connectivity index (χ2n) is 6.96. The van der Waals surface area contributed by atoms with Crippen LogP contribution in [0.2, 0.25) is 5.02 Å². The molecule has 1 aliphatic rings. The minimum absolute atomic E-state index is 0.0291. The summed E-state index contributed by atoms with van der Waals surface area (Å²) in [6, 6.07) is 18.9. The van der Waals surface area contributed by atoms with Gasteiger partial charge in [0, 0.05) is 10.0 Å². The lowest BCUT2D eigenvalue weighted by molar-refractivity contribution is -0.123. The third-order valence-electron chi connectivity index (χ3n) is 4.73. The molecule has 0 atom stereocenters. The molecule has 1 heterocycles. The number of carbonyl (C=O) groups is 2. The zero-order valence-electron chi connectivity index (χ0n) is 16.6. The Kier molecular flexibility index (Phi) is 6.98. The van der Waals surface area contributed by atoms with E-state index in [2.05, 4.69) is 15.9 Å². The van der Waals surface area contributed by atoms with Crippen molar-refractivity contribution in [2.45, 2.75) is 13.2 Å². The van der Waals surface area contributed by atoms with E-state index in [1.807, 2.05) is 24.3 Å². The maximum atomic E-state index is 13.9.